The molecule has 1 aromatic rings. The minimum atomic E-state index is -0.536. The molecule has 23 heavy (non-hydrogen) atoms. The first-order valence-corrected chi connectivity index (χ1v) is 9.07. The number of aryl methyl sites for hydroxylation is 1. The zero-order chi connectivity index (χ0) is 16.7. The summed E-state index contributed by atoms with van der Waals surface area (Å²) < 4.78 is 5.47. The Hall–Kier alpha value is -1.64. The Morgan fingerprint density at radius 1 is 1.43 bits per heavy atom. The molecule has 1 aliphatic rings. The van der Waals surface area contributed by atoms with E-state index in [9.17, 15) is 10.1 Å². The molecule has 0 aliphatic heterocycles. The molecule has 1 N–H and O–H groups in total. The molecule has 1 amide bonds. The molecule has 1 aromatic heterocycles. The van der Waals surface area contributed by atoms with Crippen molar-refractivity contribution < 1.29 is 9.53 Å². The van der Waals surface area contributed by atoms with E-state index in [0.29, 0.717) is 23.6 Å². The van der Waals surface area contributed by atoms with Crippen LogP contribution in [-0.4, -0.2) is 18.6 Å². The van der Waals surface area contributed by atoms with Crippen molar-refractivity contribution in [1.82, 2.24) is 0 Å². The van der Waals surface area contributed by atoms with Crippen molar-refractivity contribution in [3.05, 3.63) is 28.7 Å². The Morgan fingerprint density at radius 3 is 2.87 bits per heavy atom. The fourth-order valence-electron chi connectivity index (χ4n) is 2.74. The Labute approximate surface area is 142 Å². The molecule has 0 fully saturated rings. The summed E-state index contributed by atoms with van der Waals surface area (Å²) in [5.41, 5.74) is 1.80. The van der Waals surface area contributed by atoms with Crippen molar-refractivity contribution in [2.75, 3.05) is 11.9 Å². The number of fused-ring (bicyclic) bond motifs is 1. The van der Waals surface area contributed by atoms with Crippen LogP contribution in [0, 0.1) is 11.3 Å². The van der Waals surface area contributed by atoms with Gasteiger partial charge in [0, 0.05) is 4.88 Å². The highest BCUT2D eigenvalue weighted by Gasteiger charge is 2.22. The normalized spacial score (nSPS) is 15.7. The number of hydrogen-bond acceptors (Lipinski definition) is 4. The number of anilines is 1. The van der Waals surface area contributed by atoms with Crippen LogP contribution in [0.3, 0.4) is 0 Å². The Kier molecular flexibility index (Phi) is 6.82. The van der Waals surface area contributed by atoms with Crippen LogP contribution in [0.25, 0.3) is 0 Å². The third-order valence-corrected chi connectivity index (χ3v) is 5.29. The second-order valence-electron chi connectivity index (χ2n) is 5.81. The van der Waals surface area contributed by atoms with Crippen molar-refractivity contribution in [3.63, 3.8) is 0 Å². The lowest BCUT2D eigenvalue weighted by molar-refractivity contribution is -0.126. The predicted molar refractivity (Wildman–Crippen MR) is 93.8 cm³/mol. The van der Waals surface area contributed by atoms with Gasteiger partial charge < -0.3 is 10.1 Å². The van der Waals surface area contributed by atoms with E-state index in [0.717, 1.165) is 31.2 Å². The van der Waals surface area contributed by atoms with Gasteiger partial charge in [0.25, 0.3) is 5.91 Å². The maximum atomic E-state index is 12.3. The molecule has 1 heterocycles. The first kappa shape index (κ1) is 17.7. The van der Waals surface area contributed by atoms with E-state index < -0.39 is 6.10 Å². The second-order valence-corrected chi connectivity index (χ2v) is 6.92. The number of carbonyl (C=O) groups is 1. The molecule has 4 nitrogen and oxygen atoms in total. The summed E-state index contributed by atoms with van der Waals surface area (Å²) in [7, 11) is 0. The molecule has 0 saturated heterocycles. The molecule has 1 aliphatic carbocycles. The standard InChI is InChI=1S/C18H24N2O2S/c1-3-4-11-22-13(2)17(21)20-18-15(12-19)14-9-7-5-6-8-10-16(14)23-18/h3,13H,1,4-11H2,2H3,(H,20,21). The molecule has 0 radical (unpaired) electrons. The Balaban J connectivity index is 2.10. The van der Waals surface area contributed by atoms with Gasteiger partial charge in [-0.05, 0) is 44.6 Å². The van der Waals surface area contributed by atoms with Crippen LogP contribution in [0.15, 0.2) is 12.7 Å². The Bertz CT molecular complexity index is 601. The number of hydrogen-bond donors (Lipinski definition) is 1. The molecule has 124 valence electrons. The highest BCUT2D eigenvalue weighted by molar-refractivity contribution is 7.16. The SMILES string of the molecule is C=CCCOC(C)C(=O)Nc1sc2c(c1C#N)CCCCCC2. The van der Waals surface area contributed by atoms with Gasteiger partial charge >= 0.3 is 0 Å². The van der Waals surface area contributed by atoms with Crippen LogP contribution < -0.4 is 5.32 Å². The first-order valence-electron chi connectivity index (χ1n) is 8.25. The van der Waals surface area contributed by atoms with Crippen molar-refractivity contribution >= 4 is 22.2 Å². The number of nitrogens with zero attached hydrogens (tertiary/aromatic N) is 1. The lowest BCUT2D eigenvalue weighted by atomic mass is 9.97. The molecule has 0 bridgehead atoms. The van der Waals surface area contributed by atoms with Gasteiger partial charge in [-0.15, -0.1) is 17.9 Å². The average Bonchev–Trinajstić information content (AvgIpc) is 2.83. The van der Waals surface area contributed by atoms with Crippen LogP contribution in [0.1, 0.15) is 55.0 Å². The van der Waals surface area contributed by atoms with Gasteiger partial charge in [0.15, 0.2) is 0 Å². The number of thiophene rings is 1. The highest BCUT2D eigenvalue weighted by Crippen LogP contribution is 2.36. The largest absolute Gasteiger partial charge is 0.368 e. The number of nitrogens with one attached hydrogen (secondary N) is 1. The van der Waals surface area contributed by atoms with E-state index in [2.05, 4.69) is 18.0 Å². The van der Waals surface area contributed by atoms with Crippen molar-refractivity contribution in [2.45, 2.75) is 58.0 Å². The van der Waals surface area contributed by atoms with Gasteiger partial charge in [-0.25, -0.2) is 0 Å². The minimum absolute atomic E-state index is 0.195. The average molecular weight is 332 g/mol. The number of ether oxygens (including phenoxy) is 1. The second kappa shape index (κ2) is 8.85. The number of rotatable bonds is 6. The summed E-state index contributed by atoms with van der Waals surface area (Å²) in [4.78, 5) is 13.5. The van der Waals surface area contributed by atoms with Gasteiger partial charge in [0.2, 0.25) is 0 Å². The molecule has 2 rings (SSSR count). The predicted octanol–water partition coefficient (Wildman–Crippen LogP) is 4.20. The zero-order valence-electron chi connectivity index (χ0n) is 13.7. The molecular weight excluding hydrogens is 308 g/mol. The topological polar surface area (TPSA) is 62.1 Å². The third kappa shape index (κ3) is 4.66. The van der Waals surface area contributed by atoms with Crippen LogP contribution in [-0.2, 0) is 22.4 Å². The van der Waals surface area contributed by atoms with Gasteiger partial charge in [0.1, 0.15) is 17.2 Å². The zero-order valence-corrected chi connectivity index (χ0v) is 14.5. The van der Waals surface area contributed by atoms with Gasteiger partial charge in [-0.3, -0.25) is 4.79 Å². The fourth-order valence-corrected chi connectivity index (χ4v) is 3.99. The summed E-state index contributed by atoms with van der Waals surface area (Å²) in [6, 6.07) is 2.29. The van der Waals surface area contributed by atoms with Gasteiger partial charge in [-0.1, -0.05) is 18.9 Å². The molecule has 0 spiro atoms. The summed E-state index contributed by atoms with van der Waals surface area (Å²) in [5, 5.41) is 13.1. The summed E-state index contributed by atoms with van der Waals surface area (Å²) in [6.07, 6.45) is 8.63. The lowest BCUT2D eigenvalue weighted by Gasteiger charge is -2.12. The maximum Gasteiger partial charge on any atom is 0.253 e. The highest BCUT2D eigenvalue weighted by atomic mass is 32.1. The van der Waals surface area contributed by atoms with Crippen LogP contribution >= 0.6 is 11.3 Å². The maximum absolute atomic E-state index is 12.3. The van der Waals surface area contributed by atoms with Crippen LogP contribution in [0.5, 0.6) is 0 Å². The quantitative estimate of drug-likeness (QED) is 0.627. The number of nitriles is 1. The van der Waals surface area contributed by atoms with E-state index in [-0.39, 0.29) is 5.91 Å². The smallest absolute Gasteiger partial charge is 0.253 e. The van der Waals surface area contributed by atoms with E-state index in [4.69, 9.17) is 4.74 Å². The number of carbonyl (C=O) groups excluding carboxylic acids is 1. The van der Waals surface area contributed by atoms with E-state index in [1.807, 2.05) is 0 Å². The molecular formula is C18H24N2O2S. The molecule has 1 atom stereocenters. The van der Waals surface area contributed by atoms with E-state index in [1.54, 1.807) is 24.3 Å². The van der Waals surface area contributed by atoms with E-state index >= 15 is 0 Å². The van der Waals surface area contributed by atoms with Crippen LogP contribution in [0.4, 0.5) is 5.00 Å². The van der Waals surface area contributed by atoms with Crippen molar-refractivity contribution in [1.29, 1.82) is 5.26 Å². The molecule has 0 aromatic carbocycles. The summed E-state index contributed by atoms with van der Waals surface area (Å²) in [6.45, 7) is 5.84. The van der Waals surface area contributed by atoms with Crippen molar-refractivity contribution in [3.8, 4) is 6.07 Å². The van der Waals surface area contributed by atoms with E-state index in [1.165, 1.54) is 17.7 Å². The van der Waals surface area contributed by atoms with Gasteiger partial charge in [0.05, 0.1) is 12.2 Å². The molecule has 1 unspecified atom stereocenters. The minimum Gasteiger partial charge on any atom is -0.368 e. The summed E-state index contributed by atoms with van der Waals surface area (Å²) in [5.74, 6) is -0.195. The van der Waals surface area contributed by atoms with Crippen molar-refractivity contribution in [2.24, 2.45) is 0 Å². The Morgan fingerprint density at radius 2 is 2.17 bits per heavy atom. The number of amides is 1. The third-order valence-electron chi connectivity index (χ3n) is 4.08. The fraction of sp³-hybridized carbons (Fsp3) is 0.556. The monoisotopic (exact) mass is 332 g/mol. The summed E-state index contributed by atoms with van der Waals surface area (Å²) >= 11 is 1.56. The first-order chi connectivity index (χ1) is 11.2. The molecule has 0 saturated carbocycles. The lowest BCUT2D eigenvalue weighted by Crippen LogP contribution is -2.28. The molecule has 5 heteroatoms. The van der Waals surface area contributed by atoms with Gasteiger partial charge in [-0.2, -0.15) is 5.26 Å². The van der Waals surface area contributed by atoms with Crippen LogP contribution in [0.2, 0.25) is 0 Å².